The van der Waals surface area contributed by atoms with Crippen molar-refractivity contribution in [1.82, 2.24) is 9.97 Å². The van der Waals surface area contributed by atoms with Crippen LogP contribution in [0.3, 0.4) is 0 Å². The van der Waals surface area contributed by atoms with Gasteiger partial charge in [-0.05, 0) is 42.8 Å². The Labute approximate surface area is 156 Å². The number of para-hydroxylation sites is 2. The van der Waals surface area contributed by atoms with Gasteiger partial charge in [0.25, 0.3) is 5.91 Å². The molecule has 7 heteroatoms. The van der Waals surface area contributed by atoms with Crippen LogP contribution in [0.4, 0.5) is 17.2 Å². The van der Waals surface area contributed by atoms with Gasteiger partial charge in [-0.15, -0.1) is 0 Å². The summed E-state index contributed by atoms with van der Waals surface area (Å²) < 4.78 is 5.22. The predicted molar refractivity (Wildman–Crippen MR) is 102 cm³/mol. The van der Waals surface area contributed by atoms with Gasteiger partial charge in [-0.25, -0.2) is 9.97 Å². The van der Waals surface area contributed by atoms with Crippen molar-refractivity contribution in [3.63, 3.8) is 0 Å². The number of halogens is 1. The molecule has 1 amide bonds. The Bertz CT molecular complexity index is 929. The molecule has 0 spiro atoms. The molecule has 0 aliphatic rings. The summed E-state index contributed by atoms with van der Waals surface area (Å²) >= 11 is 5.95. The summed E-state index contributed by atoms with van der Waals surface area (Å²) in [5.74, 6) is 0.741. The Balaban J connectivity index is 1.71. The summed E-state index contributed by atoms with van der Waals surface area (Å²) in [4.78, 5) is 20.8. The second-order valence-corrected chi connectivity index (χ2v) is 5.96. The van der Waals surface area contributed by atoms with Gasteiger partial charge in [-0.1, -0.05) is 23.7 Å². The molecule has 2 N–H and O–H groups in total. The zero-order valence-electron chi connectivity index (χ0n) is 14.3. The largest absolute Gasteiger partial charge is 0.495 e. The Morgan fingerprint density at radius 2 is 1.88 bits per heavy atom. The van der Waals surface area contributed by atoms with Gasteiger partial charge in [0.05, 0.1) is 25.2 Å². The Kier molecular flexibility index (Phi) is 5.34. The first kappa shape index (κ1) is 17.7. The third-order valence-corrected chi connectivity index (χ3v) is 3.93. The summed E-state index contributed by atoms with van der Waals surface area (Å²) in [6, 6.07) is 12.7. The van der Waals surface area contributed by atoms with Gasteiger partial charge in [0.1, 0.15) is 17.3 Å². The van der Waals surface area contributed by atoms with E-state index in [1.54, 1.807) is 25.3 Å². The molecule has 0 aliphatic carbocycles. The molecule has 0 radical (unpaired) electrons. The normalized spacial score (nSPS) is 10.3. The number of nitrogens with one attached hydrogen (secondary N) is 2. The van der Waals surface area contributed by atoms with Crippen LogP contribution >= 0.6 is 11.6 Å². The molecule has 26 heavy (non-hydrogen) atoms. The van der Waals surface area contributed by atoms with Crippen LogP contribution in [0.2, 0.25) is 5.02 Å². The van der Waals surface area contributed by atoms with E-state index in [-0.39, 0.29) is 11.6 Å². The number of rotatable bonds is 5. The van der Waals surface area contributed by atoms with Crippen molar-refractivity contribution >= 4 is 34.7 Å². The minimum absolute atomic E-state index is 0.203. The molecular weight excluding hydrogens is 352 g/mol. The molecule has 1 aromatic heterocycles. The lowest BCUT2D eigenvalue weighted by atomic mass is 10.2. The smallest absolute Gasteiger partial charge is 0.275 e. The molecular formula is C19H17ClN4O2. The zero-order chi connectivity index (χ0) is 18.5. The van der Waals surface area contributed by atoms with Gasteiger partial charge in [-0.2, -0.15) is 0 Å². The fourth-order valence-corrected chi connectivity index (χ4v) is 2.58. The minimum atomic E-state index is -0.365. The van der Waals surface area contributed by atoms with Crippen molar-refractivity contribution in [3.05, 3.63) is 71.1 Å². The number of hydrogen-bond acceptors (Lipinski definition) is 5. The third-order valence-electron chi connectivity index (χ3n) is 3.69. The zero-order valence-corrected chi connectivity index (χ0v) is 15.0. The van der Waals surface area contributed by atoms with Crippen LogP contribution < -0.4 is 15.4 Å². The van der Waals surface area contributed by atoms with Gasteiger partial charge >= 0.3 is 0 Å². The summed E-state index contributed by atoms with van der Waals surface area (Å²) in [5.41, 5.74) is 2.63. The van der Waals surface area contributed by atoms with Crippen LogP contribution in [-0.2, 0) is 0 Å². The van der Waals surface area contributed by atoms with E-state index >= 15 is 0 Å². The maximum atomic E-state index is 12.3. The number of anilines is 3. The first-order valence-electron chi connectivity index (χ1n) is 7.86. The van der Waals surface area contributed by atoms with Crippen LogP contribution in [-0.4, -0.2) is 23.0 Å². The van der Waals surface area contributed by atoms with Gasteiger partial charge in [-0.3, -0.25) is 4.79 Å². The second kappa shape index (κ2) is 7.84. The molecule has 0 saturated heterocycles. The van der Waals surface area contributed by atoms with Crippen molar-refractivity contribution in [2.24, 2.45) is 0 Å². The number of aryl methyl sites for hydroxylation is 1. The highest BCUT2D eigenvalue weighted by molar-refractivity contribution is 6.30. The standard InChI is InChI=1S/C19H17ClN4O2/c1-12-9-13(20)7-8-14(12)23-18-11-21-16(10-22-18)19(25)24-15-5-3-4-6-17(15)26-2/h3-11H,1-2H3,(H,22,23)(H,24,25). The Morgan fingerprint density at radius 3 is 2.58 bits per heavy atom. The number of nitrogens with zero attached hydrogens (tertiary/aromatic N) is 2. The van der Waals surface area contributed by atoms with Gasteiger partial charge in [0.2, 0.25) is 0 Å². The molecule has 3 aromatic rings. The van der Waals surface area contributed by atoms with Crippen LogP contribution in [0.1, 0.15) is 16.1 Å². The minimum Gasteiger partial charge on any atom is -0.495 e. The Morgan fingerprint density at radius 1 is 1.08 bits per heavy atom. The van der Waals surface area contributed by atoms with Crippen LogP contribution in [0.5, 0.6) is 5.75 Å². The number of aromatic nitrogens is 2. The number of ether oxygens (including phenoxy) is 1. The van der Waals surface area contributed by atoms with Crippen molar-refractivity contribution in [1.29, 1.82) is 0 Å². The van der Waals surface area contributed by atoms with Gasteiger partial charge in [0.15, 0.2) is 0 Å². The van der Waals surface area contributed by atoms with Gasteiger partial charge < -0.3 is 15.4 Å². The quantitative estimate of drug-likeness (QED) is 0.696. The van der Waals surface area contributed by atoms with E-state index in [1.165, 1.54) is 12.4 Å². The average Bonchev–Trinajstić information content (AvgIpc) is 2.65. The molecule has 3 rings (SSSR count). The first-order chi connectivity index (χ1) is 12.6. The number of carbonyl (C=O) groups is 1. The molecule has 0 unspecified atom stereocenters. The summed E-state index contributed by atoms with van der Waals surface area (Å²) in [6.45, 7) is 1.94. The monoisotopic (exact) mass is 368 g/mol. The van der Waals surface area contributed by atoms with E-state index in [9.17, 15) is 4.79 Å². The third kappa shape index (κ3) is 4.10. The molecule has 0 aliphatic heterocycles. The van der Waals surface area contributed by atoms with Crippen LogP contribution in [0, 0.1) is 6.92 Å². The van der Waals surface area contributed by atoms with Crippen molar-refractivity contribution in [3.8, 4) is 5.75 Å². The van der Waals surface area contributed by atoms with Crippen molar-refractivity contribution < 1.29 is 9.53 Å². The fourth-order valence-electron chi connectivity index (χ4n) is 2.35. The molecule has 0 fully saturated rings. The highest BCUT2D eigenvalue weighted by Gasteiger charge is 2.11. The molecule has 132 valence electrons. The van der Waals surface area contributed by atoms with Crippen molar-refractivity contribution in [2.45, 2.75) is 6.92 Å². The molecule has 1 heterocycles. The average molecular weight is 369 g/mol. The van der Waals surface area contributed by atoms with E-state index in [0.29, 0.717) is 22.3 Å². The molecule has 0 bridgehead atoms. The highest BCUT2D eigenvalue weighted by atomic mass is 35.5. The second-order valence-electron chi connectivity index (χ2n) is 5.53. The number of carbonyl (C=O) groups excluding carboxylic acids is 1. The number of benzene rings is 2. The molecule has 2 aromatic carbocycles. The van der Waals surface area contributed by atoms with Crippen LogP contribution in [0.15, 0.2) is 54.9 Å². The summed E-state index contributed by atoms with van der Waals surface area (Å²) in [7, 11) is 1.55. The fraction of sp³-hybridized carbons (Fsp3) is 0.105. The summed E-state index contributed by atoms with van der Waals surface area (Å²) in [5, 5.41) is 6.58. The summed E-state index contributed by atoms with van der Waals surface area (Å²) in [6.07, 6.45) is 2.92. The predicted octanol–water partition coefficient (Wildman–Crippen LogP) is 4.44. The van der Waals surface area contributed by atoms with E-state index in [4.69, 9.17) is 16.3 Å². The maximum absolute atomic E-state index is 12.3. The number of amides is 1. The van der Waals surface area contributed by atoms with Crippen molar-refractivity contribution in [2.75, 3.05) is 17.7 Å². The lowest BCUT2D eigenvalue weighted by Crippen LogP contribution is -2.14. The van der Waals surface area contributed by atoms with Crippen LogP contribution in [0.25, 0.3) is 0 Å². The lowest BCUT2D eigenvalue weighted by Gasteiger charge is -2.10. The Hall–Kier alpha value is -3.12. The molecule has 0 atom stereocenters. The van der Waals surface area contributed by atoms with E-state index < -0.39 is 0 Å². The molecule has 6 nitrogen and oxygen atoms in total. The van der Waals surface area contributed by atoms with Gasteiger partial charge in [0, 0.05) is 10.7 Å². The lowest BCUT2D eigenvalue weighted by molar-refractivity contribution is 0.102. The SMILES string of the molecule is COc1ccccc1NC(=O)c1cnc(Nc2ccc(Cl)cc2C)cn1. The highest BCUT2D eigenvalue weighted by Crippen LogP contribution is 2.24. The molecule has 0 saturated carbocycles. The van der Waals surface area contributed by atoms with E-state index in [2.05, 4.69) is 20.6 Å². The number of hydrogen-bond donors (Lipinski definition) is 2. The van der Waals surface area contributed by atoms with E-state index in [0.717, 1.165) is 11.3 Å². The maximum Gasteiger partial charge on any atom is 0.275 e. The topological polar surface area (TPSA) is 76.1 Å². The number of methoxy groups -OCH3 is 1. The van der Waals surface area contributed by atoms with E-state index in [1.807, 2.05) is 31.2 Å². The first-order valence-corrected chi connectivity index (χ1v) is 8.24.